The van der Waals surface area contributed by atoms with Gasteiger partial charge in [0.1, 0.15) is 15.8 Å². The van der Waals surface area contributed by atoms with E-state index in [1.54, 1.807) is 34.0 Å². The number of H-pyrrole nitrogens is 1. The van der Waals surface area contributed by atoms with Crippen molar-refractivity contribution >= 4 is 34.0 Å². The van der Waals surface area contributed by atoms with Crippen molar-refractivity contribution in [1.82, 2.24) is 30.1 Å². The van der Waals surface area contributed by atoms with Gasteiger partial charge in [0, 0.05) is 34.0 Å². The molecule has 0 radical (unpaired) electrons. The van der Waals surface area contributed by atoms with Gasteiger partial charge in [-0.05, 0) is 55.4 Å². The number of hydrogen-bond donors (Lipinski definition) is 1. The van der Waals surface area contributed by atoms with Crippen LogP contribution in [0.3, 0.4) is 0 Å². The molecule has 0 fully saturated rings. The maximum atomic E-state index is 4.13. The van der Waals surface area contributed by atoms with Crippen molar-refractivity contribution in [3.8, 4) is 0 Å². The molecule has 4 heterocycles. The summed E-state index contributed by atoms with van der Waals surface area (Å²) in [5.41, 5.74) is 2.25. The number of nitrogens with zero attached hydrogens (tertiary/aromatic N) is 5. The first-order valence-electron chi connectivity index (χ1n) is 8.68. The lowest BCUT2D eigenvalue weighted by Gasteiger charge is -1.74. The summed E-state index contributed by atoms with van der Waals surface area (Å²) < 4.78 is 0. The molecular formula is C19H28N6S3. The van der Waals surface area contributed by atoms with E-state index in [9.17, 15) is 0 Å². The third-order valence-corrected chi connectivity index (χ3v) is 5.40. The number of nitrogens with one attached hydrogen (secondary N) is 1. The van der Waals surface area contributed by atoms with Crippen LogP contribution in [0.15, 0.2) is 17.8 Å². The topological polar surface area (TPSA) is 80.2 Å². The first kappa shape index (κ1) is 24.1. The van der Waals surface area contributed by atoms with Crippen LogP contribution in [0.2, 0.25) is 0 Å². The quantitative estimate of drug-likeness (QED) is 0.382. The fraction of sp³-hybridized carbons (Fsp3) is 0.421. The first-order chi connectivity index (χ1) is 13.2. The summed E-state index contributed by atoms with van der Waals surface area (Å²) in [5, 5.41) is 14.0. The van der Waals surface area contributed by atoms with Crippen molar-refractivity contribution in [2.75, 3.05) is 0 Å². The average molecular weight is 437 g/mol. The summed E-state index contributed by atoms with van der Waals surface area (Å²) >= 11 is 5.05. The molecule has 0 saturated heterocycles. The van der Waals surface area contributed by atoms with Crippen LogP contribution in [0.1, 0.15) is 42.1 Å². The van der Waals surface area contributed by atoms with Gasteiger partial charge in [-0.3, -0.25) is 0 Å². The van der Waals surface area contributed by atoms with Crippen LogP contribution < -0.4 is 0 Å². The van der Waals surface area contributed by atoms with Gasteiger partial charge in [-0.15, -0.1) is 44.2 Å². The van der Waals surface area contributed by atoms with Crippen molar-refractivity contribution in [2.24, 2.45) is 0 Å². The van der Waals surface area contributed by atoms with Gasteiger partial charge in [0.15, 0.2) is 0 Å². The third kappa shape index (κ3) is 11.0. The Morgan fingerprint density at radius 1 is 0.714 bits per heavy atom. The molecule has 0 aromatic carbocycles. The number of imidazole rings is 1. The van der Waals surface area contributed by atoms with Gasteiger partial charge in [0.05, 0.1) is 10.0 Å². The Labute approximate surface area is 179 Å². The van der Waals surface area contributed by atoms with Crippen LogP contribution in [-0.4, -0.2) is 30.1 Å². The molecule has 4 rings (SSSR count). The molecule has 0 bridgehead atoms. The Kier molecular flexibility index (Phi) is 10.7. The molecule has 0 aliphatic carbocycles. The lowest BCUT2D eigenvalue weighted by atomic mass is 10.6. The highest BCUT2D eigenvalue weighted by atomic mass is 32.1. The van der Waals surface area contributed by atoms with E-state index in [4.69, 9.17) is 0 Å². The predicted molar refractivity (Wildman–Crippen MR) is 121 cm³/mol. The second-order valence-electron chi connectivity index (χ2n) is 5.99. The Balaban J connectivity index is 0.000000187. The van der Waals surface area contributed by atoms with Gasteiger partial charge in [-0.1, -0.05) is 0 Å². The highest BCUT2D eigenvalue weighted by Gasteiger charge is 1.88. The number of aromatic nitrogens is 6. The molecule has 152 valence electrons. The minimum atomic E-state index is 0.984. The van der Waals surface area contributed by atoms with Gasteiger partial charge in [-0.25, -0.2) is 15.0 Å². The Bertz CT molecular complexity index is 716. The Hall–Kier alpha value is -1.97. The standard InChI is InChI=1S/C5H8N2.2C5H7NS.C4H6N2S/c1-4-3-6-5(2)7-4;1-4-3-7-5(2)6-4;1-4-3-6-5(2)7-4;1-3-5-6-4(2)7-3/h3H,1-2H3,(H,6,7);2*3H,1-2H3;1-2H3. The van der Waals surface area contributed by atoms with Crippen LogP contribution in [0.5, 0.6) is 0 Å². The van der Waals surface area contributed by atoms with E-state index >= 15 is 0 Å². The third-order valence-electron chi connectivity index (χ3n) is 2.93. The molecule has 0 aliphatic rings. The van der Waals surface area contributed by atoms with E-state index < -0.39 is 0 Å². The summed E-state index contributed by atoms with van der Waals surface area (Å²) in [4.78, 5) is 16.4. The number of thiazole rings is 2. The summed E-state index contributed by atoms with van der Waals surface area (Å²) in [6, 6.07) is 0. The number of rotatable bonds is 0. The van der Waals surface area contributed by atoms with Gasteiger partial charge in [0.25, 0.3) is 0 Å². The van der Waals surface area contributed by atoms with Crippen molar-refractivity contribution < 1.29 is 0 Å². The van der Waals surface area contributed by atoms with Gasteiger partial charge in [-0.2, -0.15) is 0 Å². The molecule has 0 atom stereocenters. The molecule has 4 aromatic rings. The number of aromatic amines is 1. The predicted octanol–water partition coefficient (Wildman–Crippen LogP) is 5.70. The largest absolute Gasteiger partial charge is 0.346 e. The molecule has 0 unspecified atom stereocenters. The highest BCUT2D eigenvalue weighted by Crippen LogP contribution is 2.08. The van der Waals surface area contributed by atoms with Crippen LogP contribution in [0.4, 0.5) is 0 Å². The summed E-state index contributed by atoms with van der Waals surface area (Å²) in [6.45, 7) is 15.9. The van der Waals surface area contributed by atoms with E-state index in [2.05, 4.69) is 42.4 Å². The molecule has 9 heteroatoms. The van der Waals surface area contributed by atoms with Crippen molar-refractivity contribution in [3.05, 3.63) is 59.9 Å². The SMILES string of the molecule is Cc1cnc(C)[nH]1.Cc1cnc(C)s1.Cc1csc(C)n1.Cc1nnc(C)s1. The second kappa shape index (κ2) is 12.5. The van der Waals surface area contributed by atoms with Crippen molar-refractivity contribution in [3.63, 3.8) is 0 Å². The second-order valence-corrected chi connectivity index (χ2v) is 9.88. The monoisotopic (exact) mass is 436 g/mol. The van der Waals surface area contributed by atoms with Crippen LogP contribution in [0, 0.1) is 55.4 Å². The van der Waals surface area contributed by atoms with Crippen LogP contribution in [0.25, 0.3) is 0 Å². The maximum Gasteiger partial charge on any atom is 0.114 e. The molecule has 4 aromatic heterocycles. The lowest BCUT2D eigenvalue weighted by molar-refractivity contribution is 1.02. The maximum absolute atomic E-state index is 4.13. The summed E-state index contributed by atoms with van der Waals surface area (Å²) in [5.74, 6) is 0.984. The minimum absolute atomic E-state index is 0.984. The van der Waals surface area contributed by atoms with Crippen molar-refractivity contribution in [2.45, 2.75) is 55.4 Å². The molecule has 0 aliphatic heterocycles. The van der Waals surface area contributed by atoms with E-state index in [-0.39, 0.29) is 0 Å². The molecule has 0 saturated carbocycles. The zero-order valence-electron chi connectivity index (χ0n) is 17.7. The summed E-state index contributed by atoms with van der Waals surface area (Å²) in [6.07, 6.45) is 3.70. The van der Waals surface area contributed by atoms with Gasteiger partial charge in [0.2, 0.25) is 0 Å². The fourth-order valence-electron chi connectivity index (χ4n) is 1.88. The average Bonchev–Trinajstić information content (AvgIpc) is 3.37. The van der Waals surface area contributed by atoms with E-state index in [0.29, 0.717) is 0 Å². The van der Waals surface area contributed by atoms with Gasteiger partial charge < -0.3 is 4.98 Å². The van der Waals surface area contributed by atoms with Crippen molar-refractivity contribution in [1.29, 1.82) is 0 Å². The normalized spacial score (nSPS) is 9.43. The smallest absolute Gasteiger partial charge is 0.114 e. The number of hydrogen-bond acceptors (Lipinski definition) is 8. The van der Waals surface area contributed by atoms with Crippen LogP contribution in [-0.2, 0) is 0 Å². The molecular weight excluding hydrogens is 408 g/mol. The zero-order valence-corrected chi connectivity index (χ0v) is 20.1. The molecule has 6 nitrogen and oxygen atoms in total. The fourth-order valence-corrected chi connectivity index (χ4v) is 3.74. The first-order valence-corrected chi connectivity index (χ1v) is 11.2. The molecule has 0 amide bonds. The number of aryl methyl sites for hydroxylation is 8. The van der Waals surface area contributed by atoms with E-state index in [1.807, 2.05) is 60.9 Å². The lowest BCUT2D eigenvalue weighted by Crippen LogP contribution is -1.70. The Morgan fingerprint density at radius 2 is 1.36 bits per heavy atom. The van der Waals surface area contributed by atoms with Gasteiger partial charge >= 0.3 is 0 Å². The van der Waals surface area contributed by atoms with E-state index in [0.717, 1.165) is 37.2 Å². The molecule has 1 N–H and O–H groups in total. The summed E-state index contributed by atoms with van der Waals surface area (Å²) in [7, 11) is 0. The zero-order chi connectivity index (χ0) is 21.1. The van der Waals surface area contributed by atoms with Crippen LogP contribution >= 0.6 is 34.0 Å². The van der Waals surface area contributed by atoms with E-state index in [1.165, 1.54) is 4.88 Å². The Morgan fingerprint density at radius 3 is 1.50 bits per heavy atom. The minimum Gasteiger partial charge on any atom is -0.346 e. The highest BCUT2D eigenvalue weighted by molar-refractivity contribution is 7.11. The molecule has 28 heavy (non-hydrogen) atoms. The molecule has 0 spiro atoms.